The lowest BCUT2D eigenvalue weighted by molar-refractivity contribution is 0.410. The minimum Gasteiger partial charge on any atom is -0.496 e. The van der Waals surface area contributed by atoms with Gasteiger partial charge in [-0.2, -0.15) is 0 Å². The van der Waals surface area contributed by atoms with Crippen LogP contribution in [0, 0.1) is 0 Å². The summed E-state index contributed by atoms with van der Waals surface area (Å²) in [5.41, 5.74) is 2.63. The highest BCUT2D eigenvalue weighted by molar-refractivity contribution is 9.10. The zero-order chi connectivity index (χ0) is 11.5. The number of ether oxygens (including phenoxy) is 1. The molecule has 0 fully saturated rings. The van der Waals surface area contributed by atoms with Crippen molar-refractivity contribution in [3.05, 3.63) is 39.9 Å². The molecule has 0 saturated carbocycles. The van der Waals surface area contributed by atoms with Crippen molar-refractivity contribution in [3.8, 4) is 5.75 Å². The van der Waals surface area contributed by atoms with Crippen molar-refractivity contribution in [1.29, 1.82) is 0 Å². The van der Waals surface area contributed by atoms with E-state index in [0.717, 1.165) is 29.5 Å². The van der Waals surface area contributed by atoms with Crippen LogP contribution in [0.1, 0.15) is 18.4 Å². The van der Waals surface area contributed by atoms with Gasteiger partial charge in [0.25, 0.3) is 0 Å². The van der Waals surface area contributed by atoms with E-state index in [9.17, 15) is 0 Å². The van der Waals surface area contributed by atoms with Crippen LogP contribution >= 0.6 is 27.5 Å². The van der Waals surface area contributed by atoms with Crippen LogP contribution in [-0.2, 0) is 6.42 Å². The number of alkyl halides is 1. The molecular weight excluding hydrogens is 287 g/mol. The second kappa shape index (κ2) is 5.24. The first-order valence-electron chi connectivity index (χ1n) is 5.35. The van der Waals surface area contributed by atoms with E-state index in [1.807, 2.05) is 12.1 Å². The molecule has 16 heavy (non-hydrogen) atoms. The second-order valence-electron chi connectivity index (χ2n) is 4.01. The summed E-state index contributed by atoms with van der Waals surface area (Å²) in [6.45, 7) is 0. The van der Waals surface area contributed by atoms with Crippen molar-refractivity contribution in [2.75, 3.05) is 7.11 Å². The third-order valence-electron chi connectivity index (χ3n) is 2.82. The highest BCUT2D eigenvalue weighted by Gasteiger charge is 2.15. The minimum atomic E-state index is 0.216. The molecule has 1 aromatic carbocycles. The van der Waals surface area contributed by atoms with E-state index in [2.05, 4.69) is 28.1 Å². The van der Waals surface area contributed by atoms with Gasteiger partial charge >= 0.3 is 0 Å². The lowest BCUT2D eigenvalue weighted by Gasteiger charge is -2.09. The predicted molar refractivity (Wildman–Crippen MR) is 71.4 cm³/mol. The molecular formula is C13H14BrClO. The molecule has 1 aromatic rings. The van der Waals surface area contributed by atoms with E-state index in [1.165, 1.54) is 11.1 Å². The van der Waals surface area contributed by atoms with Gasteiger partial charge in [0.15, 0.2) is 0 Å². The van der Waals surface area contributed by atoms with Crippen LogP contribution in [0.4, 0.5) is 0 Å². The number of rotatable bonds is 3. The van der Waals surface area contributed by atoms with Crippen molar-refractivity contribution in [3.63, 3.8) is 0 Å². The maximum absolute atomic E-state index is 6.06. The van der Waals surface area contributed by atoms with E-state index in [1.54, 1.807) is 7.11 Å². The Hall–Kier alpha value is -0.470. The predicted octanol–water partition coefficient (Wildman–Crippen LogP) is 4.33. The number of halogens is 2. The van der Waals surface area contributed by atoms with Gasteiger partial charge in [0, 0.05) is 4.47 Å². The van der Waals surface area contributed by atoms with Crippen LogP contribution in [-0.4, -0.2) is 12.5 Å². The first-order valence-corrected chi connectivity index (χ1v) is 6.58. The smallest absolute Gasteiger partial charge is 0.122 e. The van der Waals surface area contributed by atoms with Gasteiger partial charge in [-0.3, -0.25) is 0 Å². The molecule has 1 unspecified atom stereocenters. The summed E-state index contributed by atoms with van der Waals surface area (Å²) in [6.07, 6.45) is 5.27. The minimum absolute atomic E-state index is 0.216. The maximum atomic E-state index is 6.06. The summed E-state index contributed by atoms with van der Waals surface area (Å²) in [5, 5.41) is 0.216. The topological polar surface area (TPSA) is 9.23 Å². The van der Waals surface area contributed by atoms with Gasteiger partial charge in [0.2, 0.25) is 0 Å². The van der Waals surface area contributed by atoms with Crippen molar-refractivity contribution >= 4 is 27.5 Å². The molecule has 0 amide bonds. The summed E-state index contributed by atoms with van der Waals surface area (Å²) in [6, 6.07) is 6.10. The van der Waals surface area contributed by atoms with Crippen LogP contribution in [0.5, 0.6) is 5.75 Å². The lowest BCUT2D eigenvalue weighted by atomic mass is 10.0. The van der Waals surface area contributed by atoms with Gasteiger partial charge < -0.3 is 4.74 Å². The number of hydrogen-bond donors (Lipinski definition) is 0. The van der Waals surface area contributed by atoms with Gasteiger partial charge in [-0.25, -0.2) is 0 Å². The van der Waals surface area contributed by atoms with E-state index >= 15 is 0 Å². The summed E-state index contributed by atoms with van der Waals surface area (Å²) < 4.78 is 6.44. The lowest BCUT2D eigenvalue weighted by Crippen LogP contribution is -1.94. The van der Waals surface area contributed by atoms with Gasteiger partial charge in [-0.15, -0.1) is 11.6 Å². The molecule has 0 aromatic heterocycles. The SMILES string of the molecule is COc1ccc(Br)cc1CC1=CC(Cl)CC1. The van der Waals surface area contributed by atoms with Gasteiger partial charge in [-0.05, 0) is 43.0 Å². The Bertz CT molecular complexity index is 414. The van der Waals surface area contributed by atoms with E-state index in [-0.39, 0.29) is 5.38 Å². The molecule has 0 bridgehead atoms. The molecule has 1 atom stereocenters. The Balaban J connectivity index is 2.20. The highest BCUT2D eigenvalue weighted by atomic mass is 79.9. The van der Waals surface area contributed by atoms with Gasteiger partial charge in [0.1, 0.15) is 5.75 Å². The van der Waals surface area contributed by atoms with Crippen LogP contribution in [0.25, 0.3) is 0 Å². The molecule has 3 heteroatoms. The average molecular weight is 302 g/mol. The maximum Gasteiger partial charge on any atom is 0.122 e. The fourth-order valence-electron chi connectivity index (χ4n) is 2.02. The summed E-state index contributed by atoms with van der Waals surface area (Å²) in [4.78, 5) is 0. The fourth-order valence-corrected chi connectivity index (χ4v) is 2.72. The molecule has 86 valence electrons. The molecule has 0 aliphatic heterocycles. The number of benzene rings is 1. The second-order valence-corrected chi connectivity index (χ2v) is 5.49. The van der Waals surface area contributed by atoms with Crippen LogP contribution in [0.3, 0.4) is 0 Å². The van der Waals surface area contributed by atoms with Crippen LogP contribution in [0.15, 0.2) is 34.3 Å². The van der Waals surface area contributed by atoms with Crippen LogP contribution < -0.4 is 4.74 Å². The molecule has 0 saturated heterocycles. The van der Waals surface area contributed by atoms with Crippen molar-refractivity contribution in [1.82, 2.24) is 0 Å². The molecule has 1 aliphatic rings. The Kier molecular flexibility index (Phi) is 3.93. The number of hydrogen-bond acceptors (Lipinski definition) is 1. The number of allylic oxidation sites excluding steroid dienone is 2. The van der Waals surface area contributed by atoms with Gasteiger partial charge in [-0.1, -0.05) is 27.6 Å². The third-order valence-corrected chi connectivity index (χ3v) is 3.66. The zero-order valence-corrected chi connectivity index (χ0v) is 11.5. The quantitative estimate of drug-likeness (QED) is 0.596. The normalized spacial score (nSPS) is 19.7. The Morgan fingerprint density at radius 2 is 2.31 bits per heavy atom. The highest BCUT2D eigenvalue weighted by Crippen LogP contribution is 2.30. The molecule has 0 radical (unpaired) electrons. The summed E-state index contributed by atoms with van der Waals surface area (Å²) >= 11 is 9.55. The van der Waals surface area contributed by atoms with Gasteiger partial charge in [0.05, 0.1) is 12.5 Å². The molecule has 1 nitrogen and oxygen atoms in total. The van der Waals surface area contributed by atoms with E-state index in [0.29, 0.717) is 0 Å². The monoisotopic (exact) mass is 300 g/mol. The summed E-state index contributed by atoms with van der Waals surface area (Å²) in [7, 11) is 1.71. The van der Waals surface area contributed by atoms with Crippen molar-refractivity contribution < 1.29 is 4.74 Å². The first kappa shape index (κ1) is 12.0. The van der Waals surface area contributed by atoms with E-state index in [4.69, 9.17) is 16.3 Å². The first-order chi connectivity index (χ1) is 7.69. The van der Waals surface area contributed by atoms with Crippen molar-refractivity contribution in [2.45, 2.75) is 24.6 Å². The Morgan fingerprint density at radius 1 is 1.50 bits per heavy atom. The molecule has 0 N–H and O–H groups in total. The Morgan fingerprint density at radius 3 is 2.94 bits per heavy atom. The Labute approximate surface area is 110 Å². The molecule has 1 aliphatic carbocycles. The molecule has 0 spiro atoms. The zero-order valence-electron chi connectivity index (χ0n) is 9.17. The van der Waals surface area contributed by atoms with E-state index < -0.39 is 0 Å². The fraction of sp³-hybridized carbons (Fsp3) is 0.385. The summed E-state index contributed by atoms with van der Waals surface area (Å²) in [5.74, 6) is 0.946. The average Bonchev–Trinajstić information content (AvgIpc) is 2.64. The molecule has 0 heterocycles. The van der Waals surface area contributed by atoms with Crippen molar-refractivity contribution in [2.24, 2.45) is 0 Å². The third kappa shape index (κ3) is 2.80. The molecule has 2 rings (SSSR count). The standard InChI is InChI=1S/C13H14BrClO/c1-16-13-5-3-11(14)8-10(13)6-9-2-4-12(15)7-9/h3,5,7-8,12H,2,4,6H2,1H3. The largest absolute Gasteiger partial charge is 0.496 e. The number of methoxy groups -OCH3 is 1. The van der Waals surface area contributed by atoms with Crippen LogP contribution in [0.2, 0.25) is 0 Å².